The Kier molecular flexibility index (Phi) is 6.81. The predicted molar refractivity (Wildman–Crippen MR) is 108 cm³/mol. The first-order valence-corrected chi connectivity index (χ1v) is 11.9. The van der Waals surface area contributed by atoms with E-state index in [-0.39, 0.29) is 0 Å². The predicted octanol–water partition coefficient (Wildman–Crippen LogP) is 7.16. The minimum atomic E-state index is 0.413. The molecule has 2 aliphatic rings. The lowest BCUT2D eigenvalue weighted by Gasteiger charge is -2.50. The van der Waals surface area contributed by atoms with Crippen LogP contribution in [0.5, 0.6) is 0 Å². The van der Waals surface area contributed by atoms with Gasteiger partial charge in [-0.3, -0.25) is 0 Å². The summed E-state index contributed by atoms with van der Waals surface area (Å²) in [7, 11) is 0. The Labute approximate surface area is 164 Å². The topological polar surface area (TPSA) is 0 Å². The summed E-state index contributed by atoms with van der Waals surface area (Å²) in [5.41, 5.74) is 0.413. The van der Waals surface area contributed by atoms with Crippen molar-refractivity contribution in [2.24, 2.45) is 29.1 Å². The van der Waals surface area contributed by atoms with Gasteiger partial charge in [-0.25, -0.2) is 0 Å². The summed E-state index contributed by atoms with van der Waals surface area (Å²) in [5.74, 6) is 3.08. The highest BCUT2D eigenvalue weighted by molar-refractivity contribution is 9.10. The van der Waals surface area contributed by atoms with Gasteiger partial charge in [0.1, 0.15) is 0 Å². The van der Waals surface area contributed by atoms with Crippen molar-refractivity contribution in [1.29, 1.82) is 0 Å². The third kappa shape index (κ3) is 4.12. The maximum atomic E-state index is 3.94. The van der Waals surface area contributed by atoms with Crippen LogP contribution in [0.2, 0.25) is 0 Å². The van der Waals surface area contributed by atoms with Crippen molar-refractivity contribution < 1.29 is 0 Å². The summed E-state index contributed by atoms with van der Waals surface area (Å²) in [4.78, 5) is 2.62. The lowest BCUT2D eigenvalue weighted by atomic mass is 9.59. The van der Waals surface area contributed by atoms with Crippen LogP contribution in [0.15, 0.2) is 0 Å². The maximum absolute atomic E-state index is 3.94. The number of halogens is 4. The maximum Gasteiger partial charge on any atom is 0.0184 e. The van der Waals surface area contributed by atoms with E-state index in [4.69, 9.17) is 0 Å². The van der Waals surface area contributed by atoms with Crippen LogP contribution in [0.25, 0.3) is 0 Å². The minimum absolute atomic E-state index is 0.413. The Hall–Kier alpha value is 1.92. The van der Waals surface area contributed by atoms with E-state index in [1.54, 1.807) is 0 Å². The van der Waals surface area contributed by atoms with Gasteiger partial charge in [0.25, 0.3) is 0 Å². The fourth-order valence-electron chi connectivity index (χ4n) is 4.14. The highest BCUT2D eigenvalue weighted by Crippen LogP contribution is 2.53. The molecule has 4 unspecified atom stereocenters. The molecule has 124 valence electrons. The Morgan fingerprint density at radius 1 is 0.619 bits per heavy atom. The first-order chi connectivity index (χ1) is 9.64. The molecule has 2 fully saturated rings. The summed E-state index contributed by atoms with van der Waals surface area (Å²) in [6, 6.07) is 0. The van der Waals surface area contributed by atoms with E-state index in [1.807, 2.05) is 0 Å². The molecule has 0 N–H and O–H groups in total. The molecule has 0 aliphatic heterocycles. The first kappa shape index (κ1) is 19.2. The van der Waals surface area contributed by atoms with Gasteiger partial charge in [0.2, 0.25) is 0 Å². The third-order valence-corrected chi connectivity index (χ3v) is 11.3. The lowest BCUT2D eigenvalue weighted by Crippen LogP contribution is -2.45. The van der Waals surface area contributed by atoms with Gasteiger partial charge in [0, 0.05) is 19.3 Å². The molecule has 0 aromatic carbocycles. The van der Waals surface area contributed by atoms with Crippen LogP contribution in [0, 0.1) is 29.1 Å². The van der Waals surface area contributed by atoms with Crippen molar-refractivity contribution in [2.75, 3.05) is 0 Å². The molecule has 0 aromatic rings. The summed E-state index contributed by atoms with van der Waals surface area (Å²) >= 11 is 15.7. The summed E-state index contributed by atoms with van der Waals surface area (Å²) in [5, 5.41) is 0. The molecule has 0 spiro atoms. The van der Waals surface area contributed by atoms with Crippen molar-refractivity contribution >= 4 is 63.7 Å². The minimum Gasteiger partial charge on any atom is -0.0887 e. The number of hydrogen-bond donors (Lipinski definition) is 0. The lowest BCUT2D eigenvalue weighted by molar-refractivity contribution is 0.0522. The average molecular weight is 552 g/mol. The molecule has 0 bridgehead atoms. The van der Waals surface area contributed by atoms with Crippen LogP contribution in [-0.4, -0.2) is 19.3 Å². The summed E-state index contributed by atoms with van der Waals surface area (Å²) in [6.07, 6.45) is 5.29. The van der Waals surface area contributed by atoms with E-state index in [2.05, 4.69) is 91.4 Å². The second kappa shape index (κ2) is 7.44. The summed E-state index contributed by atoms with van der Waals surface area (Å²) in [6.45, 7) is 9.78. The average Bonchev–Trinajstić information content (AvgIpc) is 2.40. The van der Waals surface area contributed by atoms with Crippen LogP contribution in [0.1, 0.15) is 53.4 Å². The van der Waals surface area contributed by atoms with Gasteiger partial charge in [-0.05, 0) is 54.8 Å². The Balaban J connectivity index is 2.10. The first-order valence-electron chi connectivity index (χ1n) is 8.20. The zero-order chi connectivity index (χ0) is 15.9. The molecule has 21 heavy (non-hydrogen) atoms. The van der Waals surface area contributed by atoms with Crippen molar-refractivity contribution in [2.45, 2.75) is 72.7 Å². The second-order valence-electron chi connectivity index (χ2n) is 7.94. The normalized spacial score (nSPS) is 49.1. The van der Waals surface area contributed by atoms with Crippen LogP contribution in [0.4, 0.5) is 0 Å². The largest absolute Gasteiger partial charge is 0.0887 e. The molecule has 2 aliphatic carbocycles. The smallest absolute Gasteiger partial charge is 0.0184 e. The van der Waals surface area contributed by atoms with E-state index >= 15 is 0 Å². The van der Waals surface area contributed by atoms with E-state index < -0.39 is 0 Å². The highest BCUT2D eigenvalue weighted by atomic mass is 79.9. The van der Waals surface area contributed by atoms with Gasteiger partial charge in [-0.2, -0.15) is 0 Å². The molecule has 0 radical (unpaired) electrons. The zero-order valence-electron chi connectivity index (χ0n) is 13.5. The SMILES string of the molecule is CC1C(Br)CC(C(C)(C)C2CC(Br)C(C)C(Br)C2)CC1Br. The Bertz CT molecular complexity index is 301. The van der Waals surface area contributed by atoms with Gasteiger partial charge in [0.15, 0.2) is 0 Å². The van der Waals surface area contributed by atoms with Crippen LogP contribution >= 0.6 is 63.7 Å². The van der Waals surface area contributed by atoms with Gasteiger partial charge < -0.3 is 0 Å². The Morgan fingerprint density at radius 2 is 0.857 bits per heavy atom. The molecular formula is C17H28Br4. The molecule has 2 saturated carbocycles. The number of alkyl halides is 4. The molecular weight excluding hydrogens is 524 g/mol. The fraction of sp³-hybridized carbons (Fsp3) is 1.00. The van der Waals surface area contributed by atoms with Crippen LogP contribution in [-0.2, 0) is 0 Å². The van der Waals surface area contributed by atoms with Gasteiger partial charge in [0.05, 0.1) is 0 Å². The second-order valence-corrected chi connectivity index (χ2v) is 12.6. The zero-order valence-corrected chi connectivity index (χ0v) is 19.8. The highest BCUT2D eigenvalue weighted by Gasteiger charge is 2.46. The molecule has 2 rings (SSSR count). The molecule has 0 saturated heterocycles. The summed E-state index contributed by atoms with van der Waals surface area (Å²) < 4.78 is 0. The van der Waals surface area contributed by atoms with Gasteiger partial charge >= 0.3 is 0 Å². The third-order valence-electron chi connectivity index (χ3n) is 6.43. The number of rotatable bonds is 2. The van der Waals surface area contributed by atoms with Crippen molar-refractivity contribution in [3.05, 3.63) is 0 Å². The molecule has 4 atom stereocenters. The van der Waals surface area contributed by atoms with Gasteiger partial charge in [-0.1, -0.05) is 91.4 Å². The fourth-order valence-corrected chi connectivity index (χ4v) is 8.24. The van der Waals surface area contributed by atoms with Crippen molar-refractivity contribution in [1.82, 2.24) is 0 Å². The molecule has 0 amide bonds. The Morgan fingerprint density at radius 3 is 1.10 bits per heavy atom. The van der Waals surface area contributed by atoms with Gasteiger partial charge in [-0.15, -0.1) is 0 Å². The van der Waals surface area contributed by atoms with E-state index in [0.29, 0.717) is 24.7 Å². The standard InChI is InChI=1S/C17H28Br4/c1-9-13(18)5-11(6-14(9)19)17(3,4)12-7-15(20)10(2)16(21)8-12/h9-16H,5-8H2,1-4H3. The van der Waals surface area contributed by atoms with Crippen LogP contribution in [0.3, 0.4) is 0 Å². The quantitative estimate of drug-likeness (QED) is 0.320. The molecule has 0 nitrogen and oxygen atoms in total. The van der Waals surface area contributed by atoms with E-state index in [0.717, 1.165) is 23.7 Å². The van der Waals surface area contributed by atoms with E-state index in [1.165, 1.54) is 25.7 Å². The van der Waals surface area contributed by atoms with Crippen molar-refractivity contribution in [3.8, 4) is 0 Å². The van der Waals surface area contributed by atoms with E-state index in [9.17, 15) is 0 Å². The molecule has 0 heterocycles. The molecule has 0 aromatic heterocycles. The molecule has 4 heteroatoms. The number of hydrogen-bond acceptors (Lipinski definition) is 0. The monoisotopic (exact) mass is 548 g/mol. The van der Waals surface area contributed by atoms with Crippen molar-refractivity contribution in [3.63, 3.8) is 0 Å². The van der Waals surface area contributed by atoms with Crippen LogP contribution < -0.4 is 0 Å².